The highest BCUT2D eigenvalue weighted by molar-refractivity contribution is 8.25. The van der Waals surface area contributed by atoms with E-state index in [-0.39, 0.29) is 11.2 Å². The van der Waals surface area contributed by atoms with E-state index >= 15 is 0 Å². The van der Waals surface area contributed by atoms with Gasteiger partial charge in [-0.25, -0.2) is 9.37 Å². The minimum absolute atomic E-state index is 0.0850. The van der Waals surface area contributed by atoms with E-state index in [1.807, 2.05) is 42.8 Å². The molecule has 6 aromatic rings. The zero-order chi connectivity index (χ0) is 31.2. The quantitative estimate of drug-likeness (QED) is 0.131. The summed E-state index contributed by atoms with van der Waals surface area (Å²) < 4.78 is 18.1. The summed E-state index contributed by atoms with van der Waals surface area (Å²) in [6, 6.07) is 17.3. The van der Waals surface area contributed by atoms with Crippen LogP contribution in [0.15, 0.2) is 85.5 Å². The van der Waals surface area contributed by atoms with Gasteiger partial charge in [0.05, 0.1) is 23.3 Å². The van der Waals surface area contributed by atoms with Crippen molar-refractivity contribution < 1.29 is 4.39 Å². The van der Waals surface area contributed by atoms with Crippen molar-refractivity contribution in [2.75, 3.05) is 11.6 Å². The minimum atomic E-state index is -1.42. The van der Waals surface area contributed by atoms with Gasteiger partial charge in [-0.1, -0.05) is 51.2 Å². The number of benzene rings is 2. The van der Waals surface area contributed by atoms with Crippen molar-refractivity contribution in [3.8, 4) is 33.6 Å². The van der Waals surface area contributed by atoms with Crippen LogP contribution in [0.25, 0.3) is 55.6 Å². The maximum atomic E-state index is 14.8. The minimum Gasteiger partial charge on any atom is -0.358 e. The van der Waals surface area contributed by atoms with Crippen molar-refractivity contribution in [3.63, 3.8) is 0 Å². The zero-order valence-electron chi connectivity index (χ0n) is 25.4. The third-order valence-corrected chi connectivity index (χ3v) is 8.35. The first-order valence-electron chi connectivity index (χ1n) is 14.2. The highest BCUT2D eigenvalue weighted by atomic mass is 32.2. The number of pyridine rings is 2. The van der Waals surface area contributed by atoms with Gasteiger partial charge in [0.2, 0.25) is 0 Å². The molecule has 6 rings (SSSR count). The molecule has 4 heterocycles. The van der Waals surface area contributed by atoms with Crippen molar-refractivity contribution >= 4 is 48.8 Å². The summed E-state index contributed by atoms with van der Waals surface area (Å²) in [4.78, 5) is 12.6. The number of allylic oxidation sites excluding steroid dienone is 1. The number of hydrogen-bond acceptors (Lipinski definition) is 5. The molecule has 0 fully saturated rings. The van der Waals surface area contributed by atoms with Crippen molar-refractivity contribution in [1.29, 1.82) is 0 Å². The molecular formula is C35H36FN7S. The predicted octanol–water partition coefficient (Wildman–Crippen LogP) is 8.25. The second-order valence-corrected chi connectivity index (χ2v) is 15.2. The number of aromatic nitrogens is 5. The van der Waals surface area contributed by atoms with Gasteiger partial charge in [0, 0.05) is 57.5 Å². The zero-order valence-corrected chi connectivity index (χ0v) is 26.2. The van der Waals surface area contributed by atoms with Crippen molar-refractivity contribution in [3.05, 3.63) is 96.8 Å². The molecule has 0 saturated heterocycles. The summed E-state index contributed by atoms with van der Waals surface area (Å²) in [5, 5.41) is 12.9. The Hall–Kier alpha value is -4.73. The van der Waals surface area contributed by atoms with Gasteiger partial charge in [0.1, 0.15) is 5.82 Å². The Labute approximate surface area is 257 Å². The largest absolute Gasteiger partial charge is 0.358 e. The summed E-state index contributed by atoms with van der Waals surface area (Å²) in [5.41, 5.74) is 9.32. The van der Waals surface area contributed by atoms with E-state index in [2.05, 4.69) is 86.4 Å². The lowest BCUT2D eigenvalue weighted by Gasteiger charge is -2.23. The van der Waals surface area contributed by atoms with Crippen LogP contribution in [0, 0.1) is 11.2 Å². The van der Waals surface area contributed by atoms with Gasteiger partial charge < -0.3 is 10.3 Å². The molecule has 44 heavy (non-hydrogen) atoms. The van der Waals surface area contributed by atoms with Gasteiger partial charge in [-0.3, -0.25) is 14.8 Å². The van der Waals surface area contributed by atoms with Crippen LogP contribution in [-0.4, -0.2) is 43.1 Å². The molecule has 0 amide bonds. The fourth-order valence-corrected chi connectivity index (χ4v) is 5.51. The van der Waals surface area contributed by atoms with Crippen molar-refractivity contribution in [2.45, 2.75) is 27.3 Å². The molecule has 2 aromatic carbocycles. The Kier molecular flexibility index (Phi) is 7.39. The molecule has 4 aromatic heterocycles. The van der Waals surface area contributed by atoms with E-state index in [9.17, 15) is 4.39 Å². The van der Waals surface area contributed by atoms with Gasteiger partial charge >= 0.3 is 0 Å². The van der Waals surface area contributed by atoms with Gasteiger partial charge in [0.15, 0.2) is 5.65 Å². The number of nitrogens with zero attached hydrogens (tertiary/aromatic N) is 3. The van der Waals surface area contributed by atoms with Crippen molar-refractivity contribution in [2.24, 2.45) is 5.41 Å². The van der Waals surface area contributed by atoms with Gasteiger partial charge in [-0.15, -0.1) is 0 Å². The van der Waals surface area contributed by atoms with E-state index in [4.69, 9.17) is 0 Å². The molecule has 0 bridgehead atoms. The molecule has 0 unspecified atom stereocenters. The standard InChI is InChI=1S/C35H36FN7S/c1-21(35(2,3)4)40-27-14-24(18-37-20-27)25-15-30-33(42-43-34(30)38-19-25)32-16-29-28(9-8-10-31(29)41-32)23-11-22(12-26(36)13-23)17-39-44(5,6)7/h8-16,18-20,39-41H,1,5-6,17H2,2-4,7H3,(H,38,42,43). The topological polar surface area (TPSA) is 94.3 Å². The second kappa shape index (κ2) is 11.1. The summed E-state index contributed by atoms with van der Waals surface area (Å²) in [6.45, 7) is 11.0. The fraction of sp³-hybridized carbons (Fsp3) is 0.171. The van der Waals surface area contributed by atoms with Crippen LogP contribution >= 0.6 is 9.39 Å². The lowest BCUT2D eigenvalue weighted by atomic mass is 9.93. The molecule has 0 aliphatic carbocycles. The first-order chi connectivity index (χ1) is 20.8. The summed E-state index contributed by atoms with van der Waals surface area (Å²) in [6.07, 6.45) is 7.38. The van der Waals surface area contributed by atoms with Gasteiger partial charge in [-0.2, -0.15) is 14.5 Å². The van der Waals surface area contributed by atoms with E-state index in [1.54, 1.807) is 24.5 Å². The van der Waals surface area contributed by atoms with Crippen LogP contribution in [0.1, 0.15) is 26.3 Å². The van der Waals surface area contributed by atoms with Crippen LogP contribution in [0.2, 0.25) is 0 Å². The Morgan fingerprint density at radius 2 is 1.75 bits per heavy atom. The summed E-state index contributed by atoms with van der Waals surface area (Å²) in [5.74, 6) is 7.84. The molecule has 224 valence electrons. The third-order valence-electron chi connectivity index (χ3n) is 7.51. The van der Waals surface area contributed by atoms with E-state index in [1.165, 1.54) is 0 Å². The maximum absolute atomic E-state index is 14.8. The third kappa shape index (κ3) is 6.15. The van der Waals surface area contributed by atoms with Crippen LogP contribution in [0.3, 0.4) is 0 Å². The van der Waals surface area contributed by atoms with E-state index in [0.717, 1.165) is 66.9 Å². The Morgan fingerprint density at radius 1 is 0.955 bits per heavy atom. The molecular weight excluding hydrogens is 569 g/mol. The number of fused-ring (bicyclic) bond motifs is 2. The lowest BCUT2D eigenvalue weighted by Crippen LogP contribution is -2.15. The average Bonchev–Trinajstić information content (AvgIpc) is 3.59. The van der Waals surface area contributed by atoms with E-state index < -0.39 is 9.39 Å². The van der Waals surface area contributed by atoms with Crippen molar-refractivity contribution in [1.82, 2.24) is 29.9 Å². The van der Waals surface area contributed by atoms with Gasteiger partial charge in [-0.05, 0) is 65.4 Å². The molecule has 0 aliphatic rings. The van der Waals surface area contributed by atoms with E-state index in [0.29, 0.717) is 12.2 Å². The average molecular weight is 606 g/mol. The summed E-state index contributed by atoms with van der Waals surface area (Å²) >= 11 is 0. The SMILES string of the molecule is C=C(Nc1cncc(-c2cnc3n[nH]c(-c4cc5c(-c6cc(F)cc(CNS(=C)(=C)C)c6)cccc5[nH]4)c3c2)c1)C(C)(C)C. The molecule has 7 nitrogen and oxygen atoms in total. The monoisotopic (exact) mass is 605 g/mol. The number of aromatic amines is 2. The van der Waals surface area contributed by atoms with Crippen LogP contribution in [0.4, 0.5) is 10.1 Å². The smallest absolute Gasteiger partial charge is 0.181 e. The van der Waals surface area contributed by atoms with Crippen LogP contribution in [0.5, 0.6) is 0 Å². The molecule has 0 saturated carbocycles. The molecule has 0 atom stereocenters. The lowest BCUT2D eigenvalue weighted by molar-refractivity contribution is 0.509. The van der Waals surface area contributed by atoms with Crippen LogP contribution < -0.4 is 10.0 Å². The number of rotatable bonds is 8. The van der Waals surface area contributed by atoms with Gasteiger partial charge in [0.25, 0.3) is 0 Å². The molecule has 0 spiro atoms. The number of nitrogens with one attached hydrogen (secondary N) is 4. The first-order valence-corrected chi connectivity index (χ1v) is 16.6. The predicted molar refractivity (Wildman–Crippen MR) is 187 cm³/mol. The second-order valence-electron chi connectivity index (χ2n) is 12.4. The Balaban J connectivity index is 1.37. The number of hydrogen-bond donors (Lipinski definition) is 4. The highest BCUT2D eigenvalue weighted by Gasteiger charge is 2.17. The molecule has 0 radical (unpaired) electrons. The normalized spacial score (nSPS) is 12.2. The molecule has 0 aliphatic heterocycles. The number of halogens is 1. The fourth-order valence-electron chi connectivity index (χ4n) is 5.00. The first kappa shape index (κ1) is 29.3. The summed E-state index contributed by atoms with van der Waals surface area (Å²) in [7, 11) is -1.42. The molecule has 9 heteroatoms. The number of anilines is 1. The maximum Gasteiger partial charge on any atom is 0.181 e. The van der Waals surface area contributed by atoms with Crippen LogP contribution in [-0.2, 0) is 6.54 Å². The Morgan fingerprint density at radius 3 is 2.52 bits per heavy atom. The highest BCUT2D eigenvalue weighted by Crippen LogP contribution is 2.36. The molecule has 4 N–H and O–H groups in total. The number of H-pyrrole nitrogens is 2. The Bertz CT molecular complexity index is 2150.